The van der Waals surface area contributed by atoms with Crippen molar-refractivity contribution < 1.29 is 26.4 Å². The monoisotopic (exact) mass is 429 g/mol. The van der Waals surface area contributed by atoms with E-state index in [2.05, 4.69) is 0 Å². The van der Waals surface area contributed by atoms with Gasteiger partial charge in [-0.2, -0.15) is 11.4 Å². The predicted molar refractivity (Wildman–Crippen MR) is 57.5 cm³/mol. The van der Waals surface area contributed by atoms with Gasteiger partial charge in [-0.3, -0.25) is 4.79 Å². The van der Waals surface area contributed by atoms with Crippen LogP contribution in [0.15, 0.2) is 18.2 Å². The van der Waals surface area contributed by atoms with Crippen molar-refractivity contribution in [2.45, 2.75) is 6.42 Å². The van der Waals surface area contributed by atoms with E-state index in [1.54, 1.807) is 6.07 Å². The minimum atomic E-state index is -0.924. The molecular formula is C8H8Cl2N2O2Pt. The van der Waals surface area contributed by atoms with Gasteiger partial charge in [-0.15, -0.1) is 0 Å². The van der Waals surface area contributed by atoms with E-state index >= 15 is 0 Å². The first-order valence-corrected chi connectivity index (χ1v) is 9.24. The fraction of sp³-hybridized carbons (Fsp3) is 0.125. The molecule has 0 aliphatic carbocycles. The second-order valence-electron chi connectivity index (χ2n) is 2.50. The Morgan fingerprint density at radius 2 is 1.87 bits per heavy atom. The van der Waals surface area contributed by atoms with Crippen molar-refractivity contribution in [3.63, 3.8) is 0 Å². The molecule has 0 heterocycles. The molecule has 0 radical (unpaired) electrons. The third-order valence-electron chi connectivity index (χ3n) is 1.44. The molecule has 7 heteroatoms. The van der Waals surface area contributed by atoms with Crippen LogP contribution in [0.2, 0.25) is 0 Å². The average Bonchev–Trinajstić information content (AvgIpc) is 2.12. The summed E-state index contributed by atoms with van der Waals surface area (Å²) in [6, 6.07) is 4.38. The number of aliphatic carboxylic acids is 1. The third kappa shape index (κ3) is 6.61. The van der Waals surface area contributed by atoms with E-state index in [1.807, 2.05) is 0 Å². The Labute approximate surface area is 104 Å². The van der Waals surface area contributed by atoms with Crippen molar-refractivity contribution in [1.82, 2.24) is 0 Å². The van der Waals surface area contributed by atoms with Gasteiger partial charge in [0, 0.05) is 0 Å². The van der Waals surface area contributed by atoms with E-state index < -0.39 is 22.5 Å². The number of carboxylic acid groups (broad SMARTS) is 1. The van der Waals surface area contributed by atoms with Crippen molar-refractivity contribution in [2.24, 2.45) is 0 Å². The van der Waals surface area contributed by atoms with E-state index in [0.717, 1.165) is 0 Å². The van der Waals surface area contributed by atoms with Crippen LogP contribution in [-0.4, -0.2) is 11.1 Å². The molecule has 4 nitrogen and oxygen atoms in total. The molecule has 0 saturated heterocycles. The van der Waals surface area contributed by atoms with Gasteiger partial charge >= 0.3 is 41.3 Å². The van der Waals surface area contributed by atoms with Crippen LogP contribution in [0.5, 0.6) is 0 Å². The zero-order valence-electron chi connectivity index (χ0n) is 7.37. The summed E-state index contributed by atoms with van der Waals surface area (Å²) in [5, 5.41) is 8.42. The normalized spacial score (nSPS) is 9.20. The van der Waals surface area contributed by atoms with Crippen LogP contribution in [0.3, 0.4) is 0 Å². The molecule has 0 aliphatic heterocycles. The maximum absolute atomic E-state index is 10.3. The van der Waals surface area contributed by atoms with Crippen LogP contribution in [0.4, 0.5) is 11.4 Å². The van der Waals surface area contributed by atoms with Gasteiger partial charge in [0.2, 0.25) is 0 Å². The SMILES string of the molecule is [Cl][Pt+2][Cl].[NH-]c1ccc(CC(=O)O)cc1[NH-]. The van der Waals surface area contributed by atoms with E-state index in [0.29, 0.717) is 5.56 Å². The minimum Gasteiger partial charge on any atom is -0.700 e. The molecule has 3 N–H and O–H groups in total. The van der Waals surface area contributed by atoms with Crippen molar-refractivity contribution in [3.05, 3.63) is 35.2 Å². The molecule has 0 atom stereocenters. The number of rotatable bonds is 2. The molecule has 1 rings (SSSR count). The van der Waals surface area contributed by atoms with Crippen LogP contribution in [0.1, 0.15) is 5.56 Å². The van der Waals surface area contributed by atoms with Gasteiger partial charge in [0.1, 0.15) is 0 Å². The average molecular weight is 430 g/mol. The molecule has 1 aromatic rings. The molecule has 0 amide bonds. The quantitative estimate of drug-likeness (QED) is 0.768. The maximum atomic E-state index is 10.3. The first-order chi connectivity index (χ1) is 7.01. The number of carboxylic acids is 1. The molecule has 1 aromatic carbocycles. The van der Waals surface area contributed by atoms with E-state index in [-0.39, 0.29) is 17.8 Å². The molecule has 0 aliphatic rings. The summed E-state index contributed by atoms with van der Waals surface area (Å²) >= 11 is -0.472. The molecular weight excluding hydrogens is 422 g/mol. The smallest absolute Gasteiger partial charge is 0.307 e. The first kappa shape index (κ1) is 14.6. The molecule has 0 fully saturated rings. The van der Waals surface area contributed by atoms with E-state index in [1.165, 1.54) is 12.1 Å². The van der Waals surface area contributed by atoms with Crippen molar-refractivity contribution in [3.8, 4) is 0 Å². The standard InChI is InChI=1S/C8H8N2O2.2ClH.Pt/c9-6-2-1-5(3-7(6)10)4-8(11)12;;;/h1-3,9-10H,4H2,(H,11,12);2*1H;/q-2;;;+4/p-2. The van der Waals surface area contributed by atoms with Gasteiger partial charge < -0.3 is 16.6 Å². The van der Waals surface area contributed by atoms with E-state index in [4.69, 9.17) is 35.4 Å². The van der Waals surface area contributed by atoms with Crippen LogP contribution in [-0.2, 0) is 27.7 Å². The Kier molecular flexibility index (Phi) is 7.57. The van der Waals surface area contributed by atoms with Crippen LogP contribution in [0.25, 0.3) is 11.5 Å². The van der Waals surface area contributed by atoms with Gasteiger partial charge in [-0.1, -0.05) is 18.2 Å². The summed E-state index contributed by atoms with van der Waals surface area (Å²) in [5.74, 6) is -0.924. The molecule has 0 unspecified atom stereocenters. The summed E-state index contributed by atoms with van der Waals surface area (Å²) in [4.78, 5) is 10.3. The molecule has 0 aromatic heterocycles. The van der Waals surface area contributed by atoms with Crippen LogP contribution in [0, 0.1) is 0 Å². The van der Waals surface area contributed by atoms with Gasteiger partial charge in [0.05, 0.1) is 6.42 Å². The van der Waals surface area contributed by atoms with Crippen LogP contribution >= 0.6 is 18.8 Å². The van der Waals surface area contributed by atoms with Crippen molar-refractivity contribution in [1.29, 1.82) is 0 Å². The van der Waals surface area contributed by atoms with Gasteiger partial charge in [0.25, 0.3) is 0 Å². The van der Waals surface area contributed by atoms with Gasteiger partial charge in [-0.05, 0) is 5.56 Å². The third-order valence-corrected chi connectivity index (χ3v) is 1.44. The number of carbonyl (C=O) groups is 1. The number of hydrogen-bond acceptors (Lipinski definition) is 1. The first-order valence-electron chi connectivity index (χ1n) is 3.61. The number of halogens is 2. The summed E-state index contributed by atoms with van der Waals surface area (Å²) in [7, 11) is 9.75. The van der Waals surface area contributed by atoms with E-state index in [9.17, 15) is 4.79 Å². The molecule has 0 bridgehead atoms. The Morgan fingerprint density at radius 3 is 2.27 bits per heavy atom. The Balaban J connectivity index is 0.000000583. The largest absolute Gasteiger partial charge is 0.700 e. The second kappa shape index (κ2) is 7.80. The topological polar surface area (TPSA) is 84.9 Å². The van der Waals surface area contributed by atoms with Crippen molar-refractivity contribution in [2.75, 3.05) is 0 Å². The fourth-order valence-corrected chi connectivity index (χ4v) is 0.876. The Hall–Kier alpha value is -0.442. The van der Waals surface area contributed by atoms with Crippen molar-refractivity contribution >= 4 is 36.2 Å². The van der Waals surface area contributed by atoms with Gasteiger partial charge in [0.15, 0.2) is 0 Å². The summed E-state index contributed by atoms with van der Waals surface area (Å²) < 4.78 is 0. The zero-order valence-corrected chi connectivity index (χ0v) is 11.2. The molecule has 0 spiro atoms. The summed E-state index contributed by atoms with van der Waals surface area (Å²) in [6.07, 6.45) is -0.0911. The fourth-order valence-electron chi connectivity index (χ4n) is 0.876. The minimum absolute atomic E-state index is 0.0637. The number of hydrogen-bond donors (Lipinski definition) is 1. The zero-order chi connectivity index (χ0) is 11.8. The Morgan fingerprint density at radius 1 is 1.33 bits per heavy atom. The van der Waals surface area contributed by atoms with Crippen LogP contribution < -0.4 is 0 Å². The Bertz CT molecular complexity index is 336. The summed E-state index contributed by atoms with van der Waals surface area (Å²) in [5.41, 5.74) is 15.1. The second-order valence-corrected chi connectivity index (χ2v) is 5.78. The van der Waals surface area contributed by atoms with Gasteiger partial charge in [-0.25, -0.2) is 0 Å². The molecule has 86 valence electrons. The number of nitrogens with one attached hydrogen (secondary N) is 2. The number of benzene rings is 1. The predicted octanol–water partition coefficient (Wildman–Crippen LogP) is 4.06. The molecule has 15 heavy (non-hydrogen) atoms. The molecule has 0 saturated carbocycles. The summed E-state index contributed by atoms with van der Waals surface area (Å²) in [6.45, 7) is 0. The maximum Gasteiger partial charge on any atom is 0.307 e.